The highest BCUT2D eigenvalue weighted by atomic mass is 16.6. The quantitative estimate of drug-likeness (QED) is 0.555. The van der Waals surface area contributed by atoms with Gasteiger partial charge in [0.15, 0.2) is 0 Å². The van der Waals surface area contributed by atoms with Crippen molar-refractivity contribution in [3.63, 3.8) is 0 Å². The molecule has 0 spiro atoms. The molecule has 1 saturated heterocycles. The first-order valence-corrected chi connectivity index (χ1v) is 9.64. The molecule has 3 aromatic carbocycles. The molecule has 1 fully saturated rings. The van der Waals surface area contributed by atoms with Crippen LogP contribution in [-0.2, 0) is 22.7 Å². The molecule has 5 heteroatoms. The molecule has 0 bridgehead atoms. The van der Waals surface area contributed by atoms with Crippen LogP contribution in [0.15, 0.2) is 84.9 Å². The van der Waals surface area contributed by atoms with Crippen LogP contribution in [0.1, 0.15) is 11.1 Å². The van der Waals surface area contributed by atoms with Gasteiger partial charge in [0.2, 0.25) is 0 Å². The Bertz CT molecular complexity index is 913. The Morgan fingerprint density at radius 3 is 2.10 bits per heavy atom. The number of nitrogens with zero attached hydrogens (tertiary/aromatic N) is 1. The van der Waals surface area contributed by atoms with Crippen molar-refractivity contribution < 1.29 is 19.0 Å². The normalized spacial score (nSPS) is 15.9. The van der Waals surface area contributed by atoms with Gasteiger partial charge in [-0.05, 0) is 35.4 Å². The summed E-state index contributed by atoms with van der Waals surface area (Å²) in [6, 6.07) is 27.4. The molecule has 0 aromatic heterocycles. The largest absolute Gasteiger partial charge is 0.489 e. The van der Waals surface area contributed by atoms with E-state index in [4.69, 9.17) is 14.2 Å². The fourth-order valence-electron chi connectivity index (χ4n) is 3.16. The van der Waals surface area contributed by atoms with E-state index < -0.39 is 0 Å². The summed E-state index contributed by atoms with van der Waals surface area (Å²) in [5, 5.41) is 0. The Balaban J connectivity index is 1.27. The van der Waals surface area contributed by atoms with E-state index in [-0.39, 0.29) is 12.2 Å². The molecule has 5 nitrogen and oxygen atoms in total. The van der Waals surface area contributed by atoms with E-state index in [1.165, 1.54) is 0 Å². The topological polar surface area (TPSA) is 48.0 Å². The van der Waals surface area contributed by atoms with Gasteiger partial charge in [-0.3, -0.25) is 4.90 Å². The van der Waals surface area contributed by atoms with Crippen molar-refractivity contribution in [3.8, 4) is 5.75 Å². The van der Waals surface area contributed by atoms with Crippen molar-refractivity contribution in [2.24, 2.45) is 0 Å². The number of benzene rings is 3. The van der Waals surface area contributed by atoms with Crippen molar-refractivity contribution in [3.05, 3.63) is 96.1 Å². The van der Waals surface area contributed by atoms with Gasteiger partial charge in [-0.2, -0.15) is 0 Å². The van der Waals surface area contributed by atoms with Gasteiger partial charge in [0, 0.05) is 5.69 Å². The van der Waals surface area contributed by atoms with E-state index in [0.29, 0.717) is 26.4 Å². The monoisotopic (exact) mass is 389 g/mol. The molecular weight excluding hydrogens is 366 g/mol. The average molecular weight is 389 g/mol. The summed E-state index contributed by atoms with van der Waals surface area (Å²) in [4.78, 5) is 13.9. The highest BCUT2D eigenvalue weighted by molar-refractivity contribution is 5.89. The third-order valence-corrected chi connectivity index (χ3v) is 4.69. The summed E-state index contributed by atoms with van der Waals surface area (Å²) in [7, 11) is 0. The predicted octanol–water partition coefficient (Wildman–Crippen LogP) is 4.81. The molecule has 0 radical (unpaired) electrons. The van der Waals surface area contributed by atoms with Crippen LogP contribution in [0.5, 0.6) is 5.75 Å². The molecule has 1 amide bonds. The Kier molecular flexibility index (Phi) is 6.07. The van der Waals surface area contributed by atoms with E-state index in [1.807, 2.05) is 84.9 Å². The standard InChI is InChI=1S/C24H23NO4/c26-24-25(15-23(29-24)18-27-16-19-7-3-1-4-8-19)21-11-13-22(14-12-21)28-17-20-9-5-2-6-10-20/h1-14,23H,15-18H2. The third kappa shape index (κ3) is 5.15. The van der Waals surface area contributed by atoms with Gasteiger partial charge < -0.3 is 14.2 Å². The first-order chi connectivity index (χ1) is 14.3. The number of rotatable bonds is 8. The summed E-state index contributed by atoms with van der Waals surface area (Å²) in [5.74, 6) is 0.757. The summed E-state index contributed by atoms with van der Waals surface area (Å²) in [5.41, 5.74) is 2.99. The van der Waals surface area contributed by atoms with E-state index in [1.54, 1.807) is 4.90 Å². The zero-order valence-electron chi connectivity index (χ0n) is 16.1. The summed E-state index contributed by atoms with van der Waals surface area (Å²) < 4.78 is 16.9. The maximum Gasteiger partial charge on any atom is 0.414 e. The fourth-order valence-corrected chi connectivity index (χ4v) is 3.16. The SMILES string of the molecule is O=C1OC(COCc2ccccc2)CN1c1ccc(OCc2ccccc2)cc1. The molecular formula is C24H23NO4. The Morgan fingerprint density at radius 2 is 1.45 bits per heavy atom. The second kappa shape index (κ2) is 9.26. The molecule has 1 unspecified atom stereocenters. The third-order valence-electron chi connectivity index (χ3n) is 4.69. The molecule has 1 heterocycles. The van der Waals surface area contributed by atoms with E-state index >= 15 is 0 Å². The van der Waals surface area contributed by atoms with Crippen molar-refractivity contribution in [1.82, 2.24) is 0 Å². The van der Waals surface area contributed by atoms with Crippen LogP contribution in [0.3, 0.4) is 0 Å². The van der Waals surface area contributed by atoms with Gasteiger partial charge in [0.05, 0.1) is 19.8 Å². The van der Waals surface area contributed by atoms with E-state index in [9.17, 15) is 4.79 Å². The highest BCUT2D eigenvalue weighted by Crippen LogP contribution is 2.25. The maximum atomic E-state index is 12.2. The number of anilines is 1. The van der Waals surface area contributed by atoms with Gasteiger partial charge in [-0.15, -0.1) is 0 Å². The molecule has 148 valence electrons. The molecule has 4 rings (SSSR count). The molecule has 29 heavy (non-hydrogen) atoms. The maximum absolute atomic E-state index is 12.2. The van der Waals surface area contributed by atoms with Crippen LogP contribution >= 0.6 is 0 Å². The Hall–Kier alpha value is -3.31. The van der Waals surface area contributed by atoms with Gasteiger partial charge in [-0.25, -0.2) is 4.79 Å². The van der Waals surface area contributed by atoms with Crippen LogP contribution in [-0.4, -0.2) is 25.3 Å². The lowest BCUT2D eigenvalue weighted by molar-refractivity contribution is 0.0381. The summed E-state index contributed by atoms with van der Waals surface area (Å²) >= 11 is 0. The minimum absolute atomic E-state index is 0.278. The van der Waals surface area contributed by atoms with Crippen LogP contribution in [0.2, 0.25) is 0 Å². The van der Waals surface area contributed by atoms with Crippen LogP contribution in [0.25, 0.3) is 0 Å². The minimum Gasteiger partial charge on any atom is -0.489 e. The predicted molar refractivity (Wildman–Crippen MR) is 111 cm³/mol. The smallest absolute Gasteiger partial charge is 0.414 e. The fraction of sp³-hybridized carbons (Fsp3) is 0.208. The van der Waals surface area contributed by atoms with Crippen molar-refractivity contribution in [2.45, 2.75) is 19.3 Å². The molecule has 1 atom stereocenters. The highest BCUT2D eigenvalue weighted by Gasteiger charge is 2.32. The zero-order valence-corrected chi connectivity index (χ0v) is 16.1. The van der Waals surface area contributed by atoms with Crippen molar-refractivity contribution >= 4 is 11.8 Å². The summed E-state index contributed by atoms with van der Waals surface area (Å²) in [6.07, 6.45) is -0.628. The van der Waals surface area contributed by atoms with Gasteiger partial charge in [-0.1, -0.05) is 60.7 Å². The molecule has 0 N–H and O–H groups in total. The van der Waals surface area contributed by atoms with Gasteiger partial charge in [0.1, 0.15) is 18.5 Å². The molecule has 0 saturated carbocycles. The van der Waals surface area contributed by atoms with Crippen LogP contribution < -0.4 is 9.64 Å². The van der Waals surface area contributed by atoms with Gasteiger partial charge in [0.25, 0.3) is 0 Å². The van der Waals surface area contributed by atoms with E-state index in [2.05, 4.69) is 0 Å². The average Bonchev–Trinajstić information content (AvgIpc) is 3.14. The summed E-state index contributed by atoms with van der Waals surface area (Å²) in [6.45, 7) is 1.85. The molecule has 1 aliphatic rings. The number of cyclic esters (lactones) is 1. The Labute approximate surface area is 170 Å². The number of ether oxygens (including phenoxy) is 3. The van der Waals surface area contributed by atoms with E-state index in [0.717, 1.165) is 22.6 Å². The van der Waals surface area contributed by atoms with Crippen molar-refractivity contribution in [2.75, 3.05) is 18.1 Å². The first kappa shape index (κ1) is 19.0. The minimum atomic E-state index is -0.351. The lowest BCUT2D eigenvalue weighted by Crippen LogP contribution is -2.25. The van der Waals surface area contributed by atoms with Crippen LogP contribution in [0, 0.1) is 0 Å². The first-order valence-electron chi connectivity index (χ1n) is 9.64. The van der Waals surface area contributed by atoms with Crippen molar-refractivity contribution in [1.29, 1.82) is 0 Å². The van der Waals surface area contributed by atoms with Crippen LogP contribution in [0.4, 0.5) is 10.5 Å². The second-order valence-corrected chi connectivity index (χ2v) is 6.89. The van der Waals surface area contributed by atoms with Gasteiger partial charge >= 0.3 is 6.09 Å². The molecule has 0 aliphatic carbocycles. The Morgan fingerprint density at radius 1 is 0.828 bits per heavy atom. The number of hydrogen-bond donors (Lipinski definition) is 0. The molecule has 1 aliphatic heterocycles. The lowest BCUT2D eigenvalue weighted by Gasteiger charge is -2.14. The molecule has 3 aromatic rings. The second-order valence-electron chi connectivity index (χ2n) is 6.89. The number of amides is 1. The number of hydrogen-bond acceptors (Lipinski definition) is 4. The number of carbonyl (C=O) groups excluding carboxylic acids is 1. The zero-order chi connectivity index (χ0) is 19.9. The lowest BCUT2D eigenvalue weighted by atomic mass is 10.2. The number of carbonyl (C=O) groups is 1.